The summed E-state index contributed by atoms with van der Waals surface area (Å²) in [6.45, 7) is 5.01. The highest BCUT2D eigenvalue weighted by molar-refractivity contribution is 5.96. The molecule has 48 heavy (non-hydrogen) atoms. The van der Waals surface area contributed by atoms with Crippen molar-refractivity contribution < 1.29 is 28.6 Å². The molecular formula is C37H40FN5O5. The van der Waals surface area contributed by atoms with Crippen molar-refractivity contribution >= 4 is 40.2 Å². The molecule has 3 aromatic carbocycles. The van der Waals surface area contributed by atoms with Gasteiger partial charge in [-0.1, -0.05) is 19.3 Å². The Balaban J connectivity index is 1.17. The van der Waals surface area contributed by atoms with Crippen LogP contribution in [0.3, 0.4) is 0 Å². The van der Waals surface area contributed by atoms with Gasteiger partial charge in [0.1, 0.15) is 24.0 Å². The summed E-state index contributed by atoms with van der Waals surface area (Å²) in [5.41, 5.74) is 4.47. The van der Waals surface area contributed by atoms with E-state index in [-0.39, 0.29) is 30.0 Å². The molecular weight excluding hydrogens is 613 g/mol. The number of fused-ring (bicyclic) bond motifs is 1. The number of rotatable bonds is 8. The first-order valence-electron chi connectivity index (χ1n) is 16.9. The molecule has 4 aromatic rings. The first-order valence-corrected chi connectivity index (χ1v) is 16.9. The number of carbonyl (C=O) groups is 3. The number of imidazole rings is 1. The van der Waals surface area contributed by atoms with Gasteiger partial charge >= 0.3 is 5.97 Å². The molecule has 0 atom stereocenters. The van der Waals surface area contributed by atoms with Crippen molar-refractivity contribution in [3.63, 3.8) is 0 Å². The van der Waals surface area contributed by atoms with Crippen LogP contribution in [0.1, 0.15) is 73.8 Å². The molecule has 10 nitrogen and oxygen atoms in total. The van der Waals surface area contributed by atoms with Gasteiger partial charge in [-0.3, -0.25) is 9.59 Å². The third-order valence-corrected chi connectivity index (χ3v) is 9.97. The van der Waals surface area contributed by atoms with E-state index >= 15 is 4.39 Å². The Morgan fingerprint density at radius 1 is 0.938 bits per heavy atom. The van der Waals surface area contributed by atoms with Crippen molar-refractivity contribution in [2.45, 2.75) is 64.5 Å². The zero-order chi connectivity index (χ0) is 33.4. The molecule has 1 aromatic heterocycles. The summed E-state index contributed by atoms with van der Waals surface area (Å²) in [5, 5.41) is 9.55. The van der Waals surface area contributed by atoms with Crippen molar-refractivity contribution in [3.8, 4) is 17.1 Å². The maximum absolute atomic E-state index is 16.0. The Labute approximate surface area is 278 Å². The number of nitrogens with zero attached hydrogens (tertiary/aromatic N) is 5. The van der Waals surface area contributed by atoms with Crippen LogP contribution in [0.2, 0.25) is 0 Å². The van der Waals surface area contributed by atoms with Crippen molar-refractivity contribution in [2.24, 2.45) is 0 Å². The van der Waals surface area contributed by atoms with Gasteiger partial charge in [0.15, 0.2) is 0 Å². The number of ether oxygens (including phenoxy) is 1. The lowest BCUT2D eigenvalue weighted by Gasteiger charge is -2.37. The van der Waals surface area contributed by atoms with E-state index in [9.17, 15) is 19.5 Å². The predicted molar refractivity (Wildman–Crippen MR) is 181 cm³/mol. The van der Waals surface area contributed by atoms with Gasteiger partial charge in [-0.2, -0.15) is 0 Å². The Morgan fingerprint density at radius 3 is 2.42 bits per heavy atom. The lowest BCUT2D eigenvalue weighted by atomic mass is 9.94. The van der Waals surface area contributed by atoms with Crippen LogP contribution in [0.25, 0.3) is 22.4 Å². The van der Waals surface area contributed by atoms with Crippen LogP contribution in [0.15, 0.2) is 54.6 Å². The van der Waals surface area contributed by atoms with Gasteiger partial charge in [0, 0.05) is 75.1 Å². The second-order valence-corrected chi connectivity index (χ2v) is 13.0. The maximum Gasteiger partial charge on any atom is 0.335 e. The maximum atomic E-state index is 16.0. The molecule has 0 radical (unpaired) electrons. The van der Waals surface area contributed by atoms with Crippen LogP contribution >= 0.6 is 0 Å². The van der Waals surface area contributed by atoms with Gasteiger partial charge in [0.05, 0.1) is 22.2 Å². The highest BCUT2D eigenvalue weighted by Gasteiger charge is 2.27. The normalized spacial score (nSPS) is 17.4. The fourth-order valence-corrected chi connectivity index (χ4v) is 7.41. The fraction of sp³-hybridized carbons (Fsp3) is 0.405. The summed E-state index contributed by atoms with van der Waals surface area (Å²) in [6.07, 6.45) is 6.57. The van der Waals surface area contributed by atoms with Crippen LogP contribution in [-0.4, -0.2) is 70.1 Å². The molecule has 1 N–H and O–H groups in total. The number of anilines is 2. The Bertz CT molecular complexity index is 1880. The number of hydrogen-bond acceptors (Lipinski definition) is 6. The molecule has 0 spiro atoms. The van der Waals surface area contributed by atoms with E-state index in [4.69, 9.17) is 9.72 Å². The van der Waals surface area contributed by atoms with Crippen LogP contribution in [0.4, 0.5) is 15.8 Å². The number of carboxylic acid groups (broad SMARTS) is 1. The molecule has 2 saturated heterocycles. The second-order valence-electron chi connectivity index (χ2n) is 13.0. The molecule has 1 aliphatic carbocycles. The molecule has 250 valence electrons. The highest BCUT2D eigenvalue weighted by atomic mass is 19.1. The molecule has 7 rings (SSSR count). The number of hydrogen-bond donors (Lipinski definition) is 1. The average molecular weight is 654 g/mol. The van der Waals surface area contributed by atoms with Crippen molar-refractivity contribution in [1.29, 1.82) is 0 Å². The lowest BCUT2D eigenvalue weighted by molar-refractivity contribution is -0.129. The number of piperazine rings is 1. The van der Waals surface area contributed by atoms with Gasteiger partial charge in [0.2, 0.25) is 11.8 Å². The molecule has 11 heteroatoms. The Morgan fingerprint density at radius 2 is 1.73 bits per heavy atom. The summed E-state index contributed by atoms with van der Waals surface area (Å²) < 4.78 is 24.3. The van der Waals surface area contributed by atoms with E-state index in [1.807, 2.05) is 23.1 Å². The number of carboxylic acids is 1. The van der Waals surface area contributed by atoms with E-state index in [0.29, 0.717) is 61.8 Å². The largest absolute Gasteiger partial charge is 0.489 e. The summed E-state index contributed by atoms with van der Waals surface area (Å²) in [7, 11) is 0. The third-order valence-electron chi connectivity index (χ3n) is 9.97. The quantitative estimate of drug-likeness (QED) is 0.234. The molecule has 0 bridgehead atoms. The van der Waals surface area contributed by atoms with E-state index < -0.39 is 11.8 Å². The van der Waals surface area contributed by atoms with Crippen LogP contribution < -0.4 is 14.5 Å². The topological polar surface area (TPSA) is 108 Å². The molecule has 0 unspecified atom stereocenters. The van der Waals surface area contributed by atoms with Crippen molar-refractivity contribution in [3.05, 3.63) is 71.5 Å². The Hall–Kier alpha value is -4.93. The van der Waals surface area contributed by atoms with E-state index in [1.165, 1.54) is 6.07 Å². The summed E-state index contributed by atoms with van der Waals surface area (Å²) in [6, 6.07) is 15.8. The summed E-state index contributed by atoms with van der Waals surface area (Å²) in [5.74, 6) is -0.502. The molecule has 3 heterocycles. The number of halogens is 1. The van der Waals surface area contributed by atoms with Gasteiger partial charge in [-0.25, -0.2) is 14.2 Å². The number of carbonyl (C=O) groups excluding carboxylic acids is 2. The minimum absolute atomic E-state index is 0.0610. The molecule has 3 aliphatic rings. The van der Waals surface area contributed by atoms with E-state index in [2.05, 4.69) is 9.47 Å². The van der Waals surface area contributed by atoms with Crippen molar-refractivity contribution in [2.75, 3.05) is 42.5 Å². The van der Waals surface area contributed by atoms with Gasteiger partial charge in [0.25, 0.3) is 0 Å². The zero-order valence-corrected chi connectivity index (χ0v) is 27.2. The number of benzene rings is 3. The average Bonchev–Trinajstić information content (AvgIpc) is 3.70. The molecule has 1 saturated carbocycles. The minimum Gasteiger partial charge on any atom is -0.489 e. The number of amides is 2. The second kappa shape index (κ2) is 13.3. The molecule has 3 fully saturated rings. The number of aromatic nitrogens is 2. The van der Waals surface area contributed by atoms with Crippen LogP contribution in [-0.2, 0) is 16.2 Å². The van der Waals surface area contributed by atoms with Gasteiger partial charge in [-0.15, -0.1) is 0 Å². The van der Waals surface area contributed by atoms with Crippen molar-refractivity contribution in [1.82, 2.24) is 14.5 Å². The zero-order valence-electron chi connectivity index (χ0n) is 27.2. The fourth-order valence-electron chi connectivity index (χ4n) is 7.41. The standard InChI is InChI=1S/C37H40FN5O5/c1-24(44)40-16-18-41(19-17-40)33-14-10-28(42-15-5-8-35(42)45)20-26(33)23-48-29-11-12-30(31(38)22-29)36-39-32-21-25(37(46)47)9-13-34(32)43(36)27-6-3-2-4-7-27/h9-14,20-22,27H,2-8,15-19,23H2,1H3,(H,46,47). The molecule has 2 aliphatic heterocycles. The van der Waals surface area contributed by atoms with Gasteiger partial charge in [-0.05, 0) is 67.8 Å². The summed E-state index contributed by atoms with van der Waals surface area (Å²) >= 11 is 0. The van der Waals surface area contributed by atoms with Crippen LogP contribution in [0.5, 0.6) is 5.75 Å². The highest BCUT2D eigenvalue weighted by Crippen LogP contribution is 2.38. The summed E-state index contributed by atoms with van der Waals surface area (Å²) in [4.78, 5) is 46.8. The van der Waals surface area contributed by atoms with Crippen LogP contribution in [0, 0.1) is 5.82 Å². The lowest BCUT2D eigenvalue weighted by Crippen LogP contribution is -2.48. The van der Waals surface area contributed by atoms with E-state index in [0.717, 1.165) is 61.0 Å². The number of aromatic carboxylic acids is 1. The SMILES string of the molecule is CC(=O)N1CCN(c2ccc(N3CCCC3=O)cc2COc2ccc(-c3nc4cc(C(=O)O)ccc4n3C3CCCCC3)c(F)c2)CC1. The van der Waals surface area contributed by atoms with E-state index in [1.54, 1.807) is 42.2 Å². The first kappa shape index (κ1) is 31.7. The predicted octanol–water partition coefficient (Wildman–Crippen LogP) is 6.42. The minimum atomic E-state index is -1.03. The Kier molecular flexibility index (Phi) is 8.77. The molecule has 2 amide bonds. The third kappa shape index (κ3) is 6.21. The first-order chi connectivity index (χ1) is 23.3. The van der Waals surface area contributed by atoms with Gasteiger partial charge < -0.3 is 29.1 Å². The smallest absolute Gasteiger partial charge is 0.335 e. The monoisotopic (exact) mass is 653 g/mol.